The van der Waals surface area contributed by atoms with E-state index in [0.29, 0.717) is 5.92 Å². The van der Waals surface area contributed by atoms with E-state index in [1.54, 1.807) is 17.3 Å². The number of fused-ring (bicyclic) bond motifs is 1. The SMILES string of the molecule is CCN1c2ccc(/C=N\n3cnnc3)cc2C(C)CC1(C)C. The minimum Gasteiger partial charge on any atom is -0.366 e. The third kappa shape index (κ3) is 2.63. The molecule has 1 aliphatic rings. The van der Waals surface area contributed by atoms with Crippen LogP contribution in [0, 0.1) is 0 Å². The Morgan fingerprint density at radius 2 is 2.05 bits per heavy atom. The standard InChI is InChI=1S/C17H23N5/c1-5-22-16-7-6-14(10-20-21-11-18-19-12-21)8-15(16)13(2)9-17(22,3)4/h6-8,10-13H,5,9H2,1-4H3/b20-10-. The van der Waals surface area contributed by atoms with Crippen LogP contribution >= 0.6 is 0 Å². The highest BCUT2D eigenvalue weighted by molar-refractivity contribution is 5.81. The maximum absolute atomic E-state index is 4.33. The number of rotatable bonds is 3. The topological polar surface area (TPSA) is 46.3 Å². The largest absolute Gasteiger partial charge is 0.366 e. The van der Waals surface area contributed by atoms with Crippen molar-refractivity contribution in [1.82, 2.24) is 14.9 Å². The molecule has 5 nitrogen and oxygen atoms in total. The second-order valence-corrected chi connectivity index (χ2v) is 6.57. The summed E-state index contributed by atoms with van der Waals surface area (Å²) in [7, 11) is 0. The first kappa shape index (κ1) is 14.8. The van der Waals surface area contributed by atoms with Crippen LogP contribution in [0.5, 0.6) is 0 Å². The molecule has 0 N–H and O–H groups in total. The van der Waals surface area contributed by atoms with Gasteiger partial charge in [0, 0.05) is 17.8 Å². The van der Waals surface area contributed by atoms with Crippen LogP contribution in [0.2, 0.25) is 0 Å². The zero-order chi connectivity index (χ0) is 15.7. The summed E-state index contributed by atoms with van der Waals surface area (Å²) >= 11 is 0. The first-order chi connectivity index (χ1) is 10.5. The Morgan fingerprint density at radius 1 is 1.32 bits per heavy atom. The summed E-state index contributed by atoms with van der Waals surface area (Å²) in [5.74, 6) is 0.552. The molecule has 0 saturated heterocycles. The van der Waals surface area contributed by atoms with Gasteiger partial charge >= 0.3 is 0 Å². The van der Waals surface area contributed by atoms with E-state index in [2.05, 4.69) is 66.1 Å². The van der Waals surface area contributed by atoms with Gasteiger partial charge in [0.2, 0.25) is 0 Å². The molecular weight excluding hydrogens is 274 g/mol. The molecule has 1 aromatic heterocycles. The lowest BCUT2D eigenvalue weighted by atomic mass is 9.79. The van der Waals surface area contributed by atoms with Crippen molar-refractivity contribution in [3.63, 3.8) is 0 Å². The van der Waals surface area contributed by atoms with Crippen molar-refractivity contribution in [1.29, 1.82) is 0 Å². The maximum Gasteiger partial charge on any atom is 0.141 e. The van der Waals surface area contributed by atoms with Crippen molar-refractivity contribution in [3.8, 4) is 0 Å². The molecular formula is C17H23N5. The highest BCUT2D eigenvalue weighted by atomic mass is 15.4. The lowest BCUT2D eigenvalue weighted by molar-refractivity contribution is 0.381. The number of hydrogen-bond acceptors (Lipinski definition) is 4. The zero-order valence-electron chi connectivity index (χ0n) is 13.7. The Balaban J connectivity index is 1.95. The maximum atomic E-state index is 4.33. The minimum atomic E-state index is 0.208. The van der Waals surface area contributed by atoms with E-state index in [9.17, 15) is 0 Å². The molecule has 22 heavy (non-hydrogen) atoms. The van der Waals surface area contributed by atoms with Crippen LogP contribution in [0.4, 0.5) is 5.69 Å². The van der Waals surface area contributed by atoms with Crippen LogP contribution in [0.25, 0.3) is 0 Å². The second kappa shape index (κ2) is 5.55. The van der Waals surface area contributed by atoms with Gasteiger partial charge in [0.1, 0.15) is 12.7 Å². The molecule has 1 aliphatic heterocycles. The molecule has 0 bridgehead atoms. The van der Waals surface area contributed by atoms with Gasteiger partial charge in [0.25, 0.3) is 0 Å². The summed E-state index contributed by atoms with van der Waals surface area (Å²) in [5.41, 5.74) is 4.08. The van der Waals surface area contributed by atoms with E-state index in [1.807, 2.05) is 6.21 Å². The van der Waals surface area contributed by atoms with Gasteiger partial charge in [-0.05, 0) is 56.4 Å². The first-order valence-corrected chi connectivity index (χ1v) is 7.82. The molecule has 0 spiro atoms. The first-order valence-electron chi connectivity index (χ1n) is 7.82. The van der Waals surface area contributed by atoms with Gasteiger partial charge < -0.3 is 4.90 Å². The smallest absolute Gasteiger partial charge is 0.141 e. The Labute approximate surface area is 131 Å². The van der Waals surface area contributed by atoms with E-state index >= 15 is 0 Å². The lowest BCUT2D eigenvalue weighted by Crippen LogP contribution is -2.48. The number of aromatic nitrogens is 3. The third-order valence-corrected chi connectivity index (χ3v) is 4.47. The van der Waals surface area contributed by atoms with Gasteiger partial charge in [0.05, 0.1) is 6.21 Å². The fourth-order valence-electron chi connectivity index (χ4n) is 3.58. The van der Waals surface area contributed by atoms with Crippen molar-refractivity contribution >= 4 is 11.9 Å². The van der Waals surface area contributed by atoms with E-state index < -0.39 is 0 Å². The van der Waals surface area contributed by atoms with Crippen LogP contribution in [-0.4, -0.2) is 33.2 Å². The molecule has 1 unspecified atom stereocenters. The lowest BCUT2D eigenvalue weighted by Gasteiger charge is -2.47. The van der Waals surface area contributed by atoms with E-state index in [-0.39, 0.29) is 5.54 Å². The molecule has 0 saturated carbocycles. The van der Waals surface area contributed by atoms with E-state index in [1.165, 1.54) is 17.7 Å². The molecule has 1 aromatic carbocycles. The quantitative estimate of drug-likeness (QED) is 0.817. The Bertz CT molecular complexity index is 672. The summed E-state index contributed by atoms with van der Waals surface area (Å²) in [5, 5.41) is 11.8. The normalized spacial score (nSPS) is 20.4. The molecule has 0 amide bonds. The Morgan fingerprint density at radius 3 is 2.73 bits per heavy atom. The van der Waals surface area contributed by atoms with E-state index in [0.717, 1.165) is 12.1 Å². The van der Waals surface area contributed by atoms with Gasteiger partial charge in [-0.2, -0.15) is 5.10 Å². The molecule has 3 rings (SSSR count). The van der Waals surface area contributed by atoms with Crippen molar-refractivity contribution < 1.29 is 0 Å². The molecule has 1 atom stereocenters. The monoisotopic (exact) mass is 297 g/mol. The van der Waals surface area contributed by atoms with Gasteiger partial charge in [-0.15, -0.1) is 10.2 Å². The van der Waals surface area contributed by atoms with Crippen LogP contribution in [0.1, 0.15) is 51.2 Å². The molecule has 116 valence electrons. The van der Waals surface area contributed by atoms with E-state index in [4.69, 9.17) is 0 Å². The van der Waals surface area contributed by atoms with Crippen LogP contribution < -0.4 is 4.90 Å². The molecule has 2 aromatic rings. The average Bonchev–Trinajstić information content (AvgIpc) is 2.98. The van der Waals surface area contributed by atoms with Gasteiger partial charge in [-0.3, -0.25) is 0 Å². The Kier molecular flexibility index (Phi) is 3.72. The predicted octanol–water partition coefficient (Wildman–Crippen LogP) is 3.27. The summed E-state index contributed by atoms with van der Waals surface area (Å²) in [4.78, 5) is 2.50. The minimum absolute atomic E-state index is 0.208. The summed E-state index contributed by atoms with van der Waals surface area (Å²) in [6.07, 6.45) is 6.18. The summed E-state index contributed by atoms with van der Waals surface area (Å²) in [6.45, 7) is 10.2. The predicted molar refractivity (Wildman–Crippen MR) is 89.6 cm³/mol. The molecule has 5 heteroatoms. The van der Waals surface area contributed by atoms with Gasteiger partial charge in [-0.1, -0.05) is 13.0 Å². The highest BCUT2D eigenvalue weighted by Crippen LogP contribution is 2.43. The molecule has 0 radical (unpaired) electrons. The fourth-order valence-corrected chi connectivity index (χ4v) is 3.58. The van der Waals surface area contributed by atoms with Crippen LogP contribution in [0.3, 0.4) is 0 Å². The second-order valence-electron chi connectivity index (χ2n) is 6.57. The number of anilines is 1. The van der Waals surface area contributed by atoms with Crippen LogP contribution in [0.15, 0.2) is 36.0 Å². The van der Waals surface area contributed by atoms with Crippen molar-refractivity contribution in [3.05, 3.63) is 42.0 Å². The highest BCUT2D eigenvalue weighted by Gasteiger charge is 2.35. The summed E-state index contributed by atoms with van der Waals surface area (Å²) in [6, 6.07) is 6.61. The Hall–Kier alpha value is -2.17. The van der Waals surface area contributed by atoms with Gasteiger partial charge in [0.15, 0.2) is 0 Å². The average molecular weight is 297 g/mol. The van der Waals surface area contributed by atoms with Crippen molar-refractivity contribution in [2.75, 3.05) is 11.4 Å². The molecule has 0 aliphatic carbocycles. The fraction of sp³-hybridized carbons (Fsp3) is 0.471. The van der Waals surface area contributed by atoms with Crippen molar-refractivity contribution in [2.45, 2.75) is 45.6 Å². The number of hydrogen-bond donors (Lipinski definition) is 0. The van der Waals surface area contributed by atoms with Crippen LogP contribution in [-0.2, 0) is 0 Å². The summed E-state index contributed by atoms with van der Waals surface area (Å²) < 4.78 is 1.60. The zero-order valence-corrected chi connectivity index (χ0v) is 13.7. The number of benzene rings is 1. The molecule has 0 fully saturated rings. The van der Waals surface area contributed by atoms with Gasteiger partial charge in [-0.25, -0.2) is 4.68 Å². The third-order valence-electron chi connectivity index (χ3n) is 4.47. The molecule has 2 heterocycles. The van der Waals surface area contributed by atoms with Crippen molar-refractivity contribution in [2.24, 2.45) is 5.10 Å². The number of nitrogens with zero attached hydrogens (tertiary/aromatic N) is 5.